The van der Waals surface area contributed by atoms with Crippen LogP contribution < -0.4 is 5.73 Å². The molecule has 1 aliphatic carbocycles. The molecule has 16 heavy (non-hydrogen) atoms. The van der Waals surface area contributed by atoms with Crippen LogP contribution in [-0.2, 0) is 9.84 Å². The summed E-state index contributed by atoms with van der Waals surface area (Å²) in [7, 11) is -3.22. The van der Waals surface area contributed by atoms with Gasteiger partial charge in [-0.15, -0.1) is 0 Å². The molecule has 1 saturated carbocycles. The lowest BCUT2D eigenvalue weighted by atomic mass is 10.3. The standard InChI is InChI=1S/C11H14ClNO2S/c12-10-6-5-9(7-11(10)13)16(14,15)8-3-1-2-4-8/h5-8H,1-4,13H2. The van der Waals surface area contributed by atoms with Crippen LogP contribution in [0.3, 0.4) is 0 Å². The summed E-state index contributed by atoms with van der Waals surface area (Å²) < 4.78 is 24.4. The lowest BCUT2D eigenvalue weighted by Gasteiger charge is -2.11. The van der Waals surface area contributed by atoms with Crippen molar-refractivity contribution in [3.63, 3.8) is 0 Å². The van der Waals surface area contributed by atoms with Crippen LogP contribution in [0.4, 0.5) is 5.69 Å². The van der Waals surface area contributed by atoms with Gasteiger partial charge in [0, 0.05) is 0 Å². The SMILES string of the molecule is Nc1cc(S(=O)(=O)C2CCCC2)ccc1Cl. The van der Waals surface area contributed by atoms with Gasteiger partial charge in [0.05, 0.1) is 20.9 Å². The normalized spacial score (nSPS) is 17.8. The van der Waals surface area contributed by atoms with Crippen LogP contribution in [-0.4, -0.2) is 13.7 Å². The Kier molecular flexibility index (Phi) is 3.13. The molecule has 0 heterocycles. The van der Waals surface area contributed by atoms with E-state index < -0.39 is 9.84 Å². The molecule has 2 rings (SSSR count). The Morgan fingerprint density at radius 3 is 2.44 bits per heavy atom. The van der Waals surface area contributed by atoms with Crippen LogP contribution in [0.2, 0.25) is 5.02 Å². The van der Waals surface area contributed by atoms with Gasteiger partial charge in [0.15, 0.2) is 9.84 Å². The highest BCUT2D eigenvalue weighted by Gasteiger charge is 2.30. The molecule has 0 unspecified atom stereocenters. The van der Waals surface area contributed by atoms with E-state index in [0.29, 0.717) is 15.6 Å². The molecule has 0 atom stereocenters. The molecule has 5 heteroatoms. The van der Waals surface area contributed by atoms with E-state index in [1.807, 2.05) is 0 Å². The minimum absolute atomic E-state index is 0.243. The maximum Gasteiger partial charge on any atom is 0.181 e. The van der Waals surface area contributed by atoms with Gasteiger partial charge in [-0.05, 0) is 31.0 Å². The molecule has 0 saturated heterocycles. The van der Waals surface area contributed by atoms with Crippen molar-refractivity contribution in [1.29, 1.82) is 0 Å². The number of nitrogen functional groups attached to an aromatic ring is 1. The Labute approximate surface area is 101 Å². The van der Waals surface area contributed by atoms with Crippen molar-refractivity contribution >= 4 is 27.1 Å². The Morgan fingerprint density at radius 2 is 1.88 bits per heavy atom. The summed E-state index contributed by atoms with van der Waals surface area (Å²) in [6, 6.07) is 4.53. The van der Waals surface area contributed by atoms with Gasteiger partial charge in [-0.1, -0.05) is 24.4 Å². The summed E-state index contributed by atoms with van der Waals surface area (Å²) in [5.74, 6) is 0. The van der Waals surface area contributed by atoms with Gasteiger partial charge in [0.1, 0.15) is 0 Å². The average Bonchev–Trinajstić information content (AvgIpc) is 2.75. The van der Waals surface area contributed by atoms with E-state index in [1.54, 1.807) is 6.07 Å². The van der Waals surface area contributed by atoms with Crippen molar-refractivity contribution in [2.75, 3.05) is 5.73 Å². The minimum Gasteiger partial charge on any atom is -0.397 e. The summed E-state index contributed by atoms with van der Waals surface area (Å²) in [5.41, 5.74) is 5.94. The molecule has 3 nitrogen and oxygen atoms in total. The summed E-state index contributed by atoms with van der Waals surface area (Å²) in [4.78, 5) is 0.293. The first-order chi connectivity index (χ1) is 7.51. The molecule has 1 fully saturated rings. The number of hydrogen-bond donors (Lipinski definition) is 1. The van der Waals surface area contributed by atoms with Gasteiger partial charge >= 0.3 is 0 Å². The summed E-state index contributed by atoms with van der Waals surface area (Å²) >= 11 is 5.77. The zero-order valence-corrected chi connectivity index (χ0v) is 10.4. The predicted octanol–water partition coefficient (Wildman–Crippen LogP) is 2.64. The fraction of sp³-hybridized carbons (Fsp3) is 0.455. The van der Waals surface area contributed by atoms with Crippen molar-refractivity contribution in [3.05, 3.63) is 23.2 Å². The van der Waals surface area contributed by atoms with Crippen LogP contribution in [0.5, 0.6) is 0 Å². The van der Waals surface area contributed by atoms with Crippen molar-refractivity contribution in [3.8, 4) is 0 Å². The topological polar surface area (TPSA) is 60.2 Å². The van der Waals surface area contributed by atoms with Crippen LogP contribution in [0.1, 0.15) is 25.7 Å². The summed E-state index contributed by atoms with van der Waals surface area (Å²) in [5, 5.41) is 0.151. The molecule has 0 amide bonds. The van der Waals surface area contributed by atoms with E-state index in [2.05, 4.69) is 0 Å². The van der Waals surface area contributed by atoms with Crippen LogP contribution in [0.25, 0.3) is 0 Å². The van der Waals surface area contributed by atoms with E-state index in [-0.39, 0.29) is 5.25 Å². The Balaban J connectivity index is 2.39. The van der Waals surface area contributed by atoms with Crippen molar-refractivity contribution < 1.29 is 8.42 Å². The number of halogens is 1. The Hall–Kier alpha value is -0.740. The first kappa shape index (κ1) is 11.7. The largest absolute Gasteiger partial charge is 0.397 e. The number of sulfone groups is 1. The summed E-state index contributed by atoms with van der Waals surface area (Å²) in [6.07, 6.45) is 3.50. The smallest absolute Gasteiger partial charge is 0.181 e. The van der Waals surface area contributed by atoms with Gasteiger partial charge in [0.25, 0.3) is 0 Å². The maximum absolute atomic E-state index is 12.2. The Morgan fingerprint density at radius 1 is 1.25 bits per heavy atom. The van der Waals surface area contributed by atoms with Crippen molar-refractivity contribution in [2.45, 2.75) is 35.8 Å². The number of benzene rings is 1. The van der Waals surface area contributed by atoms with Gasteiger partial charge in [-0.3, -0.25) is 0 Å². The van der Waals surface area contributed by atoms with Gasteiger partial charge < -0.3 is 5.73 Å². The van der Waals surface area contributed by atoms with Crippen LogP contribution in [0.15, 0.2) is 23.1 Å². The molecule has 2 N–H and O–H groups in total. The summed E-state index contributed by atoms with van der Waals surface area (Å²) in [6.45, 7) is 0. The van der Waals surface area contributed by atoms with Gasteiger partial charge in [-0.25, -0.2) is 8.42 Å². The quantitative estimate of drug-likeness (QED) is 0.831. The lowest BCUT2D eigenvalue weighted by Crippen LogP contribution is -2.17. The minimum atomic E-state index is -3.22. The molecule has 1 aliphatic rings. The molecule has 0 aromatic heterocycles. The monoisotopic (exact) mass is 259 g/mol. The second-order valence-corrected chi connectivity index (χ2v) is 6.77. The van der Waals surface area contributed by atoms with E-state index >= 15 is 0 Å². The zero-order valence-electron chi connectivity index (χ0n) is 8.82. The molecular formula is C11H14ClNO2S. The fourth-order valence-electron chi connectivity index (χ4n) is 2.09. The van der Waals surface area contributed by atoms with Crippen molar-refractivity contribution in [2.24, 2.45) is 0 Å². The second-order valence-electron chi connectivity index (χ2n) is 4.13. The highest BCUT2D eigenvalue weighted by Crippen LogP contribution is 2.31. The van der Waals surface area contributed by atoms with Crippen molar-refractivity contribution in [1.82, 2.24) is 0 Å². The van der Waals surface area contributed by atoms with Crippen LogP contribution >= 0.6 is 11.6 Å². The molecular weight excluding hydrogens is 246 g/mol. The molecule has 1 aromatic carbocycles. The molecule has 88 valence electrons. The number of rotatable bonds is 2. The first-order valence-corrected chi connectivity index (χ1v) is 7.23. The zero-order chi connectivity index (χ0) is 11.8. The first-order valence-electron chi connectivity index (χ1n) is 5.31. The third kappa shape index (κ3) is 2.04. The molecule has 0 aliphatic heterocycles. The van der Waals surface area contributed by atoms with Crippen LogP contribution in [0, 0.1) is 0 Å². The molecule has 1 aromatic rings. The number of hydrogen-bond acceptors (Lipinski definition) is 3. The fourth-order valence-corrected chi connectivity index (χ4v) is 4.10. The molecule has 0 spiro atoms. The number of nitrogens with two attached hydrogens (primary N) is 1. The maximum atomic E-state index is 12.2. The van der Waals surface area contributed by atoms with E-state index in [9.17, 15) is 8.42 Å². The molecule has 0 radical (unpaired) electrons. The third-order valence-corrected chi connectivity index (χ3v) is 5.64. The highest BCUT2D eigenvalue weighted by atomic mass is 35.5. The predicted molar refractivity (Wildman–Crippen MR) is 65.3 cm³/mol. The highest BCUT2D eigenvalue weighted by molar-refractivity contribution is 7.92. The molecule has 0 bridgehead atoms. The van der Waals surface area contributed by atoms with Gasteiger partial charge in [0.2, 0.25) is 0 Å². The van der Waals surface area contributed by atoms with E-state index in [4.69, 9.17) is 17.3 Å². The van der Waals surface area contributed by atoms with E-state index in [1.165, 1.54) is 12.1 Å². The average molecular weight is 260 g/mol. The Bertz CT molecular complexity index is 493. The van der Waals surface area contributed by atoms with Gasteiger partial charge in [-0.2, -0.15) is 0 Å². The lowest BCUT2D eigenvalue weighted by molar-refractivity contribution is 0.579. The third-order valence-electron chi connectivity index (χ3n) is 3.04. The number of anilines is 1. The van der Waals surface area contributed by atoms with E-state index in [0.717, 1.165) is 25.7 Å². The second kappa shape index (κ2) is 4.26.